The van der Waals surface area contributed by atoms with Crippen LogP contribution < -0.4 is 10.5 Å². The first-order valence-electron chi connectivity index (χ1n) is 6.62. The third-order valence-electron chi connectivity index (χ3n) is 3.63. The molecule has 0 saturated heterocycles. The van der Waals surface area contributed by atoms with Crippen LogP contribution in [0.4, 0.5) is 0 Å². The van der Waals surface area contributed by atoms with E-state index in [4.69, 9.17) is 27.3 Å². The molecule has 6 heteroatoms. The molecule has 0 bridgehead atoms. The van der Waals surface area contributed by atoms with E-state index in [0.29, 0.717) is 19.6 Å². The third-order valence-corrected chi connectivity index (χ3v) is 3.85. The van der Waals surface area contributed by atoms with Crippen molar-refractivity contribution in [3.8, 4) is 5.75 Å². The Balaban J connectivity index is 2.10. The second-order valence-electron chi connectivity index (χ2n) is 5.21. The second-order valence-corrected chi connectivity index (χ2v) is 5.65. The fourth-order valence-corrected chi connectivity index (χ4v) is 2.65. The molecule has 0 spiro atoms. The molecule has 1 aromatic carbocycles. The van der Waals surface area contributed by atoms with Gasteiger partial charge < -0.3 is 15.7 Å². The van der Waals surface area contributed by atoms with E-state index in [9.17, 15) is 0 Å². The average molecular weight is 298 g/mol. The van der Waals surface area contributed by atoms with Crippen LogP contribution in [0.3, 0.4) is 0 Å². The summed E-state index contributed by atoms with van der Waals surface area (Å²) in [5.74, 6) is 1.19. The van der Waals surface area contributed by atoms with Crippen molar-refractivity contribution in [1.82, 2.24) is 4.90 Å². The Labute approximate surface area is 124 Å². The van der Waals surface area contributed by atoms with Gasteiger partial charge in [0.25, 0.3) is 0 Å². The van der Waals surface area contributed by atoms with Crippen LogP contribution >= 0.6 is 11.6 Å². The molecule has 2 rings (SSSR count). The number of nitrogens with zero attached hydrogens (tertiary/aromatic N) is 2. The monoisotopic (exact) mass is 297 g/mol. The molecule has 1 aliphatic rings. The summed E-state index contributed by atoms with van der Waals surface area (Å²) in [6.45, 7) is 3.46. The molecule has 0 saturated carbocycles. The highest BCUT2D eigenvalue weighted by molar-refractivity contribution is 6.30. The molecule has 1 atom stereocenters. The zero-order chi connectivity index (χ0) is 14.7. The lowest BCUT2D eigenvalue weighted by Crippen LogP contribution is -2.32. The standard InChI is InChI=1S/C14H20ClN3O2/c1-9(5-13(16)17-19)18(2)8-11-7-12(15)6-10-3-4-20-14(10)11/h6-7,9,19H,3-5,8H2,1-2H3,(H2,16,17). The van der Waals surface area contributed by atoms with Crippen LogP contribution in [0.1, 0.15) is 24.5 Å². The molecule has 0 fully saturated rings. The van der Waals surface area contributed by atoms with Gasteiger partial charge in [-0.05, 0) is 31.7 Å². The number of hydrogen-bond donors (Lipinski definition) is 2. The lowest BCUT2D eigenvalue weighted by molar-refractivity contribution is 0.246. The van der Waals surface area contributed by atoms with Crippen LogP contribution in [-0.2, 0) is 13.0 Å². The Morgan fingerprint density at radius 2 is 2.35 bits per heavy atom. The summed E-state index contributed by atoms with van der Waals surface area (Å²) in [5.41, 5.74) is 7.80. The van der Waals surface area contributed by atoms with Crippen LogP contribution in [0.25, 0.3) is 0 Å². The second kappa shape index (κ2) is 6.33. The predicted octanol–water partition coefficient (Wildman–Crippen LogP) is 2.23. The molecular formula is C14H20ClN3O2. The van der Waals surface area contributed by atoms with E-state index in [1.165, 1.54) is 5.56 Å². The van der Waals surface area contributed by atoms with Gasteiger partial charge in [0.1, 0.15) is 11.6 Å². The van der Waals surface area contributed by atoms with Crippen molar-refractivity contribution in [3.05, 3.63) is 28.3 Å². The Hall–Kier alpha value is -1.46. The number of nitrogens with two attached hydrogens (primary N) is 1. The predicted molar refractivity (Wildman–Crippen MR) is 79.6 cm³/mol. The van der Waals surface area contributed by atoms with E-state index >= 15 is 0 Å². The molecule has 20 heavy (non-hydrogen) atoms. The van der Waals surface area contributed by atoms with Crippen molar-refractivity contribution in [2.24, 2.45) is 10.9 Å². The minimum Gasteiger partial charge on any atom is -0.493 e. The largest absolute Gasteiger partial charge is 0.493 e. The number of hydrogen-bond acceptors (Lipinski definition) is 4. The topological polar surface area (TPSA) is 71.1 Å². The van der Waals surface area contributed by atoms with Crippen LogP contribution in [0.2, 0.25) is 5.02 Å². The van der Waals surface area contributed by atoms with E-state index in [0.717, 1.165) is 22.8 Å². The van der Waals surface area contributed by atoms with Crippen molar-refractivity contribution >= 4 is 17.4 Å². The lowest BCUT2D eigenvalue weighted by Gasteiger charge is -2.25. The van der Waals surface area contributed by atoms with Gasteiger partial charge in [-0.1, -0.05) is 16.8 Å². The normalized spacial score (nSPS) is 16.1. The summed E-state index contributed by atoms with van der Waals surface area (Å²) in [7, 11) is 2.00. The fourth-order valence-electron chi connectivity index (χ4n) is 2.39. The summed E-state index contributed by atoms with van der Waals surface area (Å²) >= 11 is 6.15. The number of rotatable bonds is 5. The quantitative estimate of drug-likeness (QED) is 0.378. The Kier molecular flexibility index (Phi) is 4.73. The number of halogens is 1. The first-order chi connectivity index (χ1) is 9.51. The van der Waals surface area contributed by atoms with Crippen molar-refractivity contribution in [2.45, 2.75) is 32.4 Å². The van der Waals surface area contributed by atoms with Crippen LogP contribution in [0.5, 0.6) is 5.75 Å². The minimum absolute atomic E-state index is 0.155. The smallest absolute Gasteiger partial charge is 0.140 e. The highest BCUT2D eigenvalue weighted by Gasteiger charge is 2.20. The van der Waals surface area contributed by atoms with Gasteiger partial charge in [0.2, 0.25) is 0 Å². The van der Waals surface area contributed by atoms with Gasteiger partial charge in [-0.25, -0.2) is 0 Å². The SMILES string of the molecule is CC(C/C(N)=N/O)N(C)Cc1cc(Cl)cc2c1OCC2. The first-order valence-corrected chi connectivity index (χ1v) is 6.99. The number of fused-ring (bicyclic) bond motifs is 1. The number of ether oxygens (including phenoxy) is 1. The molecule has 5 nitrogen and oxygen atoms in total. The molecule has 3 N–H and O–H groups in total. The Bertz CT molecular complexity index is 519. The molecular weight excluding hydrogens is 278 g/mol. The molecule has 1 unspecified atom stereocenters. The number of amidine groups is 1. The summed E-state index contributed by atoms with van der Waals surface area (Å²) < 4.78 is 5.69. The Morgan fingerprint density at radius 1 is 1.60 bits per heavy atom. The summed E-state index contributed by atoms with van der Waals surface area (Å²) in [5, 5.41) is 12.4. The molecule has 110 valence electrons. The summed E-state index contributed by atoms with van der Waals surface area (Å²) in [6.07, 6.45) is 1.42. The molecule has 1 heterocycles. The maximum Gasteiger partial charge on any atom is 0.140 e. The number of benzene rings is 1. The van der Waals surface area contributed by atoms with Crippen molar-refractivity contribution < 1.29 is 9.94 Å². The number of oxime groups is 1. The van der Waals surface area contributed by atoms with E-state index in [-0.39, 0.29) is 11.9 Å². The first kappa shape index (κ1) is 14.9. The van der Waals surface area contributed by atoms with Crippen molar-refractivity contribution in [1.29, 1.82) is 0 Å². The highest BCUT2D eigenvalue weighted by atomic mass is 35.5. The van der Waals surface area contributed by atoms with Gasteiger partial charge in [0.05, 0.1) is 6.61 Å². The van der Waals surface area contributed by atoms with E-state index in [1.54, 1.807) is 0 Å². The maximum atomic E-state index is 8.63. The molecule has 0 aromatic heterocycles. The maximum absolute atomic E-state index is 8.63. The summed E-state index contributed by atoms with van der Waals surface area (Å²) in [4.78, 5) is 2.13. The van der Waals surface area contributed by atoms with Gasteiger partial charge in [-0.15, -0.1) is 0 Å². The Morgan fingerprint density at radius 3 is 3.05 bits per heavy atom. The summed E-state index contributed by atoms with van der Waals surface area (Å²) in [6, 6.07) is 4.06. The van der Waals surface area contributed by atoms with Gasteiger partial charge in [-0.2, -0.15) is 0 Å². The lowest BCUT2D eigenvalue weighted by atomic mass is 10.1. The molecule has 1 aromatic rings. The zero-order valence-corrected chi connectivity index (χ0v) is 12.5. The minimum atomic E-state index is 0.155. The average Bonchev–Trinajstić information content (AvgIpc) is 2.86. The van der Waals surface area contributed by atoms with Gasteiger partial charge in [0, 0.05) is 36.0 Å². The van der Waals surface area contributed by atoms with Crippen LogP contribution in [0, 0.1) is 0 Å². The van der Waals surface area contributed by atoms with Gasteiger partial charge in [-0.3, -0.25) is 4.90 Å². The van der Waals surface area contributed by atoms with Gasteiger partial charge >= 0.3 is 0 Å². The van der Waals surface area contributed by atoms with Crippen LogP contribution in [0.15, 0.2) is 17.3 Å². The van der Waals surface area contributed by atoms with Crippen molar-refractivity contribution in [2.75, 3.05) is 13.7 Å². The highest BCUT2D eigenvalue weighted by Crippen LogP contribution is 2.33. The third kappa shape index (κ3) is 3.35. The molecule has 0 aliphatic carbocycles. The van der Waals surface area contributed by atoms with Crippen LogP contribution in [-0.4, -0.2) is 35.6 Å². The van der Waals surface area contributed by atoms with E-state index in [2.05, 4.69) is 10.1 Å². The molecule has 0 amide bonds. The van der Waals surface area contributed by atoms with Gasteiger partial charge in [0.15, 0.2) is 0 Å². The van der Waals surface area contributed by atoms with Crippen molar-refractivity contribution in [3.63, 3.8) is 0 Å². The van der Waals surface area contributed by atoms with E-state index < -0.39 is 0 Å². The zero-order valence-electron chi connectivity index (χ0n) is 11.8. The van der Waals surface area contributed by atoms with E-state index in [1.807, 2.05) is 26.1 Å². The molecule has 0 radical (unpaired) electrons. The molecule has 1 aliphatic heterocycles. The fraction of sp³-hybridized carbons (Fsp3) is 0.500.